The predicted molar refractivity (Wildman–Crippen MR) is 100 cm³/mol. The van der Waals surface area contributed by atoms with Gasteiger partial charge in [0.05, 0.1) is 22.2 Å². The SMILES string of the molecule is O=S(=O)(c1ccc(Oc2ccccc2Cl)cc1)N1CCC(n2ccnn2)C1. The molecule has 2 aromatic carbocycles. The molecular weight excluding hydrogens is 388 g/mol. The topological polar surface area (TPSA) is 77.3 Å². The first-order valence-corrected chi connectivity index (χ1v) is 10.2. The lowest BCUT2D eigenvalue weighted by Crippen LogP contribution is -2.29. The van der Waals surface area contributed by atoms with Crippen LogP contribution in [0.3, 0.4) is 0 Å². The number of halogens is 1. The first-order chi connectivity index (χ1) is 13.0. The number of para-hydroxylation sites is 1. The van der Waals surface area contributed by atoms with Gasteiger partial charge >= 0.3 is 0 Å². The van der Waals surface area contributed by atoms with Gasteiger partial charge in [-0.25, -0.2) is 13.1 Å². The maximum absolute atomic E-state index is 12.9. The number of sulfonamides is 1. The van der Waals surface area contributed by atoms with Gasteiger partial charge in [-0.1, -0.05) is 28.9 Å². The van der Waals surface area contributed by atoms with E-state index in [1.807, 2.05) is 12.1 Å². The zero-order valence-corrected chi connectivity index (χ0v) is 15.8. The zero-order valence-electron chi connectivity index (χ0n) is 14.3. The molecule has 0 saturated carbocycles. The van der Waals surface area contributed by atoms with Gasteiger partial charge in [0.1, 0.15) is 11.5 Å². The van der Waals surface area contributed by atoms with Crippen LogP contribution in [0.15, 0.2) is 65.8 Å². The van der Waals surface area contributed by atoms with Crippen LogP contribution in [0.4, 0.5) is 0 Å². The van der Waals surface area contributed by atoms with E-state index in [0.29, 0.717) is 36.0 Å². The second-order valence-electron chi connectivity index (χ2n) is 6.19. The Morgan fingerprint density at radius 3 is 2.59 bits per heavy atom. The smallest absolute Gasteiger partial charge is 0.243 e. The Hall–Kier alpha value is -2.42. The van der Waals surface area contributed by atoms with Crippen molar-refractivity contribution in [3.05, 3.63) is 65.9 Å². The van der Waals surface area contributed by atoms with Gasteiger partial charge < -0.3 is 4.74 Å². The molecule has 0 spiro atoms. The van der Waals surface area contributed by atoms with Gasteiger partial charge in [0.25, 0.3) is 0 Å². The summed E-state index contributed by atoms with van der Waals surface area (Å²) < 4.78 is 34.7. The van der Waals surface area contributed by atoms with E-state index in [9.17, 15) is 8.42 Å². The summed E-state index contributed by atoms with van der Waals surface area (Å²) >= 11 is 6.08. The normalized spacial score (nSPS) is 17.9. The third kappa shape index (κ3) is 3.69. The summed E-state index contributed by atoms with van der Waals surface area (Å²) in [7, 11) is -3.57. The van der Waals surface area contributed by atoms with Gasteiger partial charge in [0.2, 0.25) is 10.0 Å². The maximum atomic E-state index is 12.9. The number of aromatic nitrogens is 3. The third-order valence-corrected chi connectivity index (χ3v) is 6.66. The Morgan fingerprint density at radius 1 is 1.11 bits per heavy atom. The molecule has 1 aromatic heterocycles. The van der Waals surface area contributed by atoms with Crippen LogP contribution in [0.25, 0.3) is 0 Å². The Bertz CT molecular complexity index is 1020. The molecule has 27 heavy (non-hydrogen) atoms. The lowest BCUT2D eigenvalue weighted by Gasteiger charge is -2.17. The highest BCUT2D eigenvalue weighted by Gasteiger charge is 2.33. The van der Waals surface area contributed by atoms with E-state index in [1.165, 1.54) is 4.31 Å². The highest BCUT2D eigenvalue weighted by Crippen LogP contribution is 2.31. The van der Waals surface area contributed by atoms with Gasteiger partial charge in [-0.05, 0) is 42.8 Å². The van der Waals surface area contributed by atoms with Crippen molar-refractivity contribution in [1.29, 1.82) is 0 Å². The summed E-state index contributed by atoms with van der Waals surface area (Å²) in [6.07, 6.45) is 4.05. The highest BCUT2D eigenvalue weighted by molar-refractivity contribution is 7.89. The van der Waals surface area contributed by atoms with Crippen LogP contribution in [0.1, 0.15) is 12.5 Å². The molecule has 7 nitrogen and oxygen atoms in total. The Kier molecular flexibility index (Phi) is 4.86. The quantitative estimate of drug-likeness (QED) is 0.651. The summed E-state index contributed by atoms with van der Waals surface area (Å²) in [5, 5.41) is 8.24. The van der Waals surface area contributed by atoms with Gasteiger partial charge in [-0.3, -0.25) is 0 Å². The average Bonchev–Trinajstić information content (AvgIpc) is 3.36. The van der Waals surface area contributed by atoms with Crippen LogP contribution < -0.4 is 4.74 Å². The zero-order chi connectivity index (χ0) is 18.9. The molecule has 140 valence electrons. The Balaban J connectivity index is 1.49. The van der Waals surface area contributed by atoms with Crippen molar-refractivity contribution in [2.45, 2.75) is 17.4 Å². The van der Waals surface area contributed by atoms with E-state index in [-0.39, 0.29) is 10.9 Å². The van der Waals surface area contributed by atoms with Gasteiger partial charge in [-0.15, -0.1) is 5.10 Å². The summed E-state index contributed by atoms with van der Waals surface area (Å²) in [6.45, 7) is 0.828. The second kappa shape index (κ2) is 7.30. The molecule has 1 aliphatic heterocycles. The molecule has 1 unspecified atom stereocenters. The summed E-state index contributed by atoms with van der Waals surface area (Å²) in [6, 6.07) is 13.5. The molecule has 0 radical (unpaired) electrons. The van der Waals surface area contributed by atoms with Gasteiger partial charge in [0, 0.05) is 19.3 Å². The average molecular weight is 405 g/mol. The Morgan fingerprint density at radius 2 is 1.89 bits per heavy atom. The first kappa shape index (κ1) is 18.0. The molecule has 9 heteroatoms. The molecule has 0 amide bonds. The third-order valence-electron chi connectivity index (χ3n) is 4.47. The molecule has 2 heterocycles. The predicted octanol–water partition coefficient (Wildman–Crippen LogP) is 3.36. The van der Waals surface area contributed by atoms with Crippen LogP contribution >= 0.6 is 11.6 Å². The number of ether oxygens (including phenoxy) is 1. The number of rotatable bonds is 5. The van der Waals surface area contributed by atoms with E-state index in [2.05, 4.69) is 10.3 Å². The largest absolute Gasteiger partial charge is 0.456 e. The minimum Gasteiger partial charge on any atom is -0.456 e. The number of benzene rings is 2. The lowest BCUT2D eigenvalue weighted by molar-refractivity contribution is 0.428. The van der Waals surface area contributed by atoms with Gasteiger partial charge in [-0.2, -0.15) is 4.31 Å². The van der Waals surface area contributed by atoms with Crippen molar-refractivity contribution in [3.8, 4) is 11.5 Å². The highest BCUT2D eigenvalue weighted by atomic mass is 35.5. The lowest BCUT2D eigenvalue weighted by atomic mass is 10.3. The van der Waals surface area contributed by atoms with Crippen LogP contribution in [-0.4, -0.2) is 40.8 Å². The van der Waals surface area contributed by atoms with Crippen LogP contribution in [0.5, 0.6) is 11.5 Å². The van der Waals surface area contributed by atoms with E-state index in [4.69, 9.17) is 16.3 Å². The maximum Gasteiger partial charge on any atom is 0.243 e. The summed E-state index contributed by atoms with van der Waals surface area (Å²) in [4.78, 5) is 0.230. The summed E-state index contributed by atoms with van der Waals surface area (Å²) in [5.74, 6) is 1.04. The Labute approximate surface area is 162 Å². The number of nitrogens with zero attached hydrogens (tertiary/aromatic N) is 4. The molecule has 3 aromatic rings. The molecule has 1 fully saturated rings. The summed E-state index contributed by atoms with van der Waals surface area (Å²) in [5.41, 5.74) is 0. The van der Waals surface area contributed by atoms with Crippen molar-refractivity contribution in [2.24, 2.45) is 0 Å². The molecule has 1 atom stereocenters. The van der Waals surface area contributed by atoms with Crippen molar-refractivity contribution >= 4 is 21.6 Å². The molecule has 0 aliphatic carbocycles. The van der Waals surface area contributed by atoms with Crippen LogP contribution in [0, 0.1) is 0 Å². The van der Waals surface area contributed by atoms with Crippen molar-refractivity contribution < 1.29 is 13.2 Å². The molecular formula is C18H17ClN4O3S. The fourth-order valence-corrected chi connectivity index (χ4v) is 4.71. The molecule has 0 N–H and O–H groups in total. The van der Waals surface area contributed by atoms with Gasteiger partial charge in [0.15, 0.2) is 0 Å². The number of hydrogen-bond donors (Lipinski definition) is 0. The van der Waals surface area contributed by atoms with Crippen molar-refractivity contribution in [1.82, 2.24) is 19.3 Å². The fraction of sp³-hybridized carbons (Fsp3) is 0.222. The molecule has 1 aliphatic rings. The standard InChI is InChI=1S/C18H17ClN4O3S/c19-17-3-1-2-4-18(17)26-15-5-7-16(8-6-15)27(24,25)22-11-9-14(13-22)23-12-10-20-21-23/h1-8,10,12,14H,9,11,13H2. The van der Waals surface area contributed by atoms with E-state index in [0.717, 1.165) is 0 Å². The molecule has 0 bridgehead atoms. The van der Waals surface area contributed by atoms with E-state index >= 15 is 0 Å². The van der Waals surface area contributed by atoms with Crippen LogP contribution in [0.2, 0.25) is 5.02 Å². The van der Waals surface area contributed by atoms with Crippen molar-refractivity contribution in [2.75, 3.05) is 13.1 Å². The van der Waals surface area contributed by atoms with Crippen molar-refractivity contribution in [3.63, 3.8) is 0 Å². The second-order valence-corrected chi connectivity index (χ2v) is 8.54. The van der Waals surface area contributed by atoms with E-state index < -0.39 is 10.0 Å². The molecule has 1 saturated heterocycles. The molecule has 4 rings (SSSR count). The fourth-order valence-electron chi connectivity index (χ4n) is 3.04. The number of hydrogen-bond acceptors (Lipinski definition) is 5. The minimum atomic E-state index is -3.57. The minimum absolute atomic E-state index is 0.00473. The van der Waals surface area contributed by atoms with Crippen LogP contribution in [-0.2, 0) is 10.0 Å². The monoisotopic (exact) mass is 404 g/mol. The first-order valence-electron chi connectivity index (χ1n) is 8.42. The van der Waals surface area contributed by atoms with E-state index in [1.54, 1.807) is 53.5 Å².